The van der Waals surface area contributed by atoms with Crippen molar-refractivity contribution in [2.24, 2.45) is 0 Å². The van der Waals surface area contributed by atoms with Gasteiger partial charge < -0.3 is 4.98 Å². The molecular formula is C21H21Cl2N3O3S. The van der Waals surface area contributed by atoms with Crippen molar-refractivity contribution in [1.29, 1.82) is 0 Å². The molecule has 0 aliphatic rings. The van der Waals surface area contributed by atoms with Gasteiger partial charge in [0.25, 0.3) is 0 Å². The van der Waals surface area contributed by atoms with Gasteiger partial charge >= 0.3 is 0 Å². The van der Waals surface area contributed by atoms with Gasteiger partial charge in [-0.25, -0.2) is 8.42 Å². The van der Waals surface area contributed by atoms with Crippen LogP contribution >= 0.6 is 23.2 Å². The van der Waals surface area contributed by atoms with Crippen LogP contribution in [0.3, 0.4) is 0 Å². The molecule has 0 aliphatic carbocycles. The van der Waals surface area contributed by atoms with E-state index in [0.29, 0.717) is 27.0 Å². The van der Waals surface area contributed by atoms with E-state index in [2.05, 4.69) is 14.7 Å². The Kier molecular flexibility index (Phi) is 6.55. The van der Waals surface area contributed by atoms with Crippen molar-refractivity contribution in [3.8, 4) is 0 Å². The van der Waals surface area contributed by atoms with Crippen LogP contribution in [-0.2, 0) is 10.0 Å². The number of sulfonamides is 1. The Bertz CT molecular complexity index is 1190. The number of nitrogens with zero attached hydrogens (tertiary/aromatic N) is 1. The number of benzene rings is 1. The van der Waals surface area contributed by atoms with E-state index in [1.165, 1.54) is 6.20 Å². The molecule has 0 bridgehead atoms. The minimum Gasteiger partial charge on any atom is -0.355 e. The smallest absolute Gasteiger partial charge is 0.232 e. The molecule has 6 nitrogen and oxygen atoms in total. The van der Waals surface area contributed by atoms with Crippen molar-refractivity contribution in [2.45, 2.75) is 26.7 Å². The maximum absolute atomic E-state index is 12.9. The number of anilines is 1. The average molecular weight is 466 g/mol. The van der Waals surface area contributed by atoms with Crippen LogP contribution in [0.4, 0.5) is 5.69 Å². The second-order valence-electron chi connectivity index (χ2n) is 6.94. The lowest BCUT2D eigenvalue weighted by Gasteiger charge is -2.11. The summed E-state index contributed by atoms with van der Waals surface area (Å²) in [5, 5.41) is 0.713. The van der Waals surface area contributed by atoms with Gasteiger partial charge in [-0.1, -0.05) is 30.1 Å². The molecule has 2 aromatic heterocycles. The number of H-pyrrole nitrogens is 1. The fourth-order valence-corrected chi connectivity index (χ4v) is 3.89. The highest BCUT2D eigenvalue weighted by atomic mass is 35.5. The van der Waals surface area contributed by atoms with Crippen LogP contribution in [0.5, 0.6) is 0 Å². The number of aromatic nitrogens is 2. The Hall–Kier alpha value is -2.35. The fraction of sp³-hybridized carbons (Fsp3) is 0.238. The van der Waals surface area contributed by atoms with Crippen LogP contribution in [0.15, 0.2) is 42.6 Å². The first-order valence-electron chi connectivity index (χ1n) is 9.27. The number of ketones is 1. The number of hydrogen-bond acceptors (Lipinski definition) is 4. The lowest BCUT2D eigenvalue weighted by Crippen LogP contribution is -2.14. The molecule has 3 aromatic rings. The summed E-state index contributed by atoms with van der Waals surface area (Å²) in [4.78, 5) is 20.5. The topological polar surface area (TPSA) is 91.9 Å². The van der Waals surface area contributed by atoms with E-state index in [-0.39, 0.29) is 17.5 Å². The van der Waals surface area contributed by atoms with E-state index < -0.39 is 10.0 Å². The second-order valence-corrected chi connectivity index (χ2v) is 9.76. The lowest BCUT2D eigenvalue weighted by molar-refractivity contribution is 0.103. The van der Waals surface area contributed by atoms with E-state index in [1.54, 1.807) is 37.3 Å². The largest absolute Gasteiger partial charge is 0.355 e. The molecular weight excluding hydrogens is 445 g/mol. The van der Waals surface area contributed by atoms with Crippen molar-refractivity contribution >= 4 is 44.7 Å². The summed E-state index contributed by atoms with van der Waals surface area (Å²) in [7, 11) is -3.35. The molecule has 3 rings (SSSR count). The molecule has 1 atom stereocenters. The highest BCUT2D eigenvalue weighted by Gasteiger charge is 2.20. The molecule has 2 heterocycles. The first kappa shape index (κ1) is 22.3. The van der Waals surface area contributed by atoms with E-state index in [0.717, 1.165) is 17.0 Å². The molecule has 1 unspecified atom stereocenters. The molecule has 2 N–H and O–H groups in total. The SMILES string of the molecule is CCS(=O)(=O)Nc1ccc(C(C)c2cc(C)c(C(=O)c3ccc(Cl)c(Cl)c3)[nH]2)nc1. The number of hydrogen-bond donors (Lipinski definition) is 2. The van der Waals surface area contributed by atoms with Crippen LogP contribution in [0, 0.1) is 6.92 Å². The van der Waals surface area contributed by atoms with E-state index in [4.69, 9.17) is 23.2 Å². The average Bonchev–Trinajstić information content (AvgIpc) is 3.11. The summed E-state index contributed by atoms with van der Waals surface area (Å²) >= 11 is 12.0. The van der Waals surface area contributed by atoms with Crippen molar-refractivity contribution in [3.63, 3.8) is 0 Å². The van der Waals surface area contributed by atoms with Crippen LogP contribution in [0.25, 0.3) is 0 Å². The number of halogens is 2. The number of pyridine rings is 1. The summed E-state index contributed by atoms with van der Waals surface area (Å²) in [6.07, 6.45) is 1.48. The predicted molar refractivity (Wildman–Crippen MR) is 120 cm³/mol. The summed E-state index contributed by atoms with van der Waals surface area (Å²) in [6, 6.07) is 10.1. The van der Waals surface area contributed by atoms with E-state index in [9.17, 15) is 13.2 Å². The van der Waals surface area contributed by atoms with Crippen LogP contribution in [0.1, 0.15) is 52.8 Å². The first-order valence-corrected chi connectivity index (χ1v) is 11.7. The zero-order valence-corrected chi connectivity index (χ0v) is 19.0. The van der Waals surface area contributed by atoms with Gasteiger partial charge in [0, 0.05) is 22.9 Å². The van der Waals surface area contributed by atoms with Crippen molar-refractivity contribution in [3.05, 3.63) is 80.8 Å². The van der Waals surface area contributed by atoms with Crippen LogP contribution < -0.4 is 4.72 Å². The van der Waals surface area contributed by atoms with Crippen LogP contribution in [0.2, 0.25) is 10.0 Å². The third-order valence-corrected chi connectivity index (χ3v) is 6.84. The molecule has 30 heavy (non-hydrogen) atoms. The Morgan fingerprint density at radius 2 is 1.90 bits per heavy atom. The molecule has 0 amide bonds. The molecule has 158 valence electrons. The monoisotopic (exact) mass is 465 g/mol. The summed E-state index contributed by atoms with van der Waals surface area (Å²) in [5.74, 6) is -0.319. The predicted octanol–water partition coefficient (Wildman–Crippen LogP) is 5.17. The van der Waals surface area contributed by atoms with Gasteiger partial charge in [0.15, 0.2) is 0 Å². The number of aromatic amines is 1. The Morgan fingerprint density at radius 3 is 2.50 bits per heavy atom. The van der Waals surface area contributed by atoms with Gasteiger partial charge in [0.2, 0.25) is 15.8 Å². The molecule has 0 aliphatic heterocycles. The number of rotatable bonds is 7. The highest BCUT2D eigenvalue weighted by molar-refractivity contribution is 7.92. The van der Waals surface area contributed by atoms with Gasteiger partial charge in [-0.05, 0) is 55.8 Å². The molecule has 0 radical (unpaired) electrons. The first-order chi connectivity index (χ1) is 14.1. The molecule has 0 fully saturated rings. The zero-order chi connectivity index (χ0) is 22.1. The third-order valence-electron chi connectivity index (χ3n) is 4.79. The highest BCUT2D eigenvalue weighted by Crippen LogP contribution is 2.28. The second kappa shape index (κ2) is 8.79. The standard InChI is InChI=1S/C21H21Cl2N3O3S/c1-4-30(28,29)26-15-6-8-18(24-11-15)13(3)19-9-12(2)20(25-19)21(27)14-5-7-16(22)17(23)10-14/h5-11,13,25-26H,4H2,1-3H3. The lowest BCUT2D eigenvalue weighted by atomic mass is 10.0. The van der Waals surface area contributed by atoms with Crippen molar-refractivity contribution in [1.82, 2.24) is 9.97 Å². The van der Waals surface area contributed by atoms with Gasteiger partial charge in [-0.3, -0.25) is 14.5 Å². The molecule has 1 aromatic carbocycles. The number of carbonyl (C=O) groups is 1. The van der Waals surface area contributed by atoms with Gasteiger partial charge in [0.1, 0.15) is 0 Å². The van der Waals surface area contributed by atoms with Gasteiger partial charge in [-0.2, -0.15) is 0 Å². The van der Waals surface area contributed by atoms with E-state index >= 15 is 0 Å². The minimum absolute atomic E-state index is 0.0114. The Labute approximate surface area is 185 Å². The van der Waals surface area contributed by atoms with Crippen molar-refractivity contribution < 1.29 is 13.2 Å². The van der Waals surface area contributed by atoms with Gasteiger partial charge in [0.05, 0.1) is 33.4 Å². The molecule has 0 saturated heterocycles. The summed E-state index contributed by atoms with van der Waals surface area (Å²) in [5.41, 5.74) is 3.70. The van der Waals surface area contributed by atoms with Crippen molar-refractivity contribution in [2.75, 3.05) is 10.5 Å². The summed E-state index contributed by atoms with van der Waals surface area (Å²) < 4.78 is 25.8. The normalized spacial score (nSPS) is 12.6. The Morgan fingerprint density at radius 1 is 1.17 bits per heavy atom. The number of aryl methyl sites for hydroxylation is 1. The number of carbonyl (C=O) groups excluding carboxylic acids is 1. The molecule has 9 heteroatoms. The van der Waals surface area contributed by atoms with E-state index in [1.807, 2.05) is 19.9 Å². The maximum atomic E-state index is 12.9. The minimum atomic E-state index is -3.35. The van der Waals surface area contributed by atoms with Gasteiger partial charge in [-0.15, -0.1) is 0 Å². The third kappa shape index (κ3) is 4.86. The zero-order valence-electron chi connectivity index (χ0n) is 16.7. The maximum Gasteiger partial charge on any atom is 0.232 e. The number of nitrogens with one attached hydrogen (secondary N) is 2. The molecule has 0 spiro atoms. The quantitative estimate of drug-likeness (QED) is 0.470. The fourth-order valence-electron chi connectivity index (χ4n) is 2.97. The Balaban J connectivity index is 1.83. The molecule has 0 saturated carbocycles. The summed E-state index contributed by atoms with van der Waals surface area (Å²) in [6.45, 7) is 5.38. The van der Waals surface area contributed by atoms with Crippen LogP contribution in [-0.4, -0.2) is 29.9 Å².